The number of halogens is 1. The Hall–Kier alpha value is -3.14. The maximum Gasteiger partial charge on any atom is 0.250 e. The van der Waals surface area contributed by atoms with Crippen molar-refractivity contribution in [1.29, 1.82) is 0 Å². The predicted octanol–water partition coefficient (Wildman–Crippen LogP) is 3.24. The number of ether oxygens (including phenoxy) is 1. The van der Waals surface area contributed by atoms with E-state index in [1.54, 1.807) is 10.9 Å². The molecule has 1 amide bonds. The van der Waals surface area contributed by atoms with Crippen LogP contribution in [0.15, 0.2) is 30.7 Å². The summed E-state index contributed by atoms with van der Waals surface area (Å²) in [5.74, 6) is -0.490. The van der Waals surface area contributed by atoms with Crippen LogP contribution in [0.4, 0.5) is 15.8 Å². The first-order chi connectivity index (χ1) is 15.4. The van der Waals surface area contributed by atoms with Crippen molar-refractivity contribution in [1.82, 2.24) is 19.7 Å². The molecule has 1 N–H and O–H groups in total. The molecule has 0 bridgehead atoms. The number of nitrogens with one attached hydrogen (secondary N) is 1. The number of aromatic nitrogens is 4. The van der Waals surface area contributed by atoms with Crippen molar-refractivity contribution in [3.05, 3.63) is 59.1 Å². The van der Waals surface area contributed by atoms with Crippen LogP contribution in [0.5, 0.6) is 5.88 Å². The van der Waals surface area contributed by atoms with Crippen molar-refractivity contribution in [3.63, 3.8) is 0 Å². The highest BCUT2D eigenvalue weighted by atomic mass is 32.1. The Morgan fingerprint density at radius 1 is 1.21 bits per heavy atom. The van der Waals surface area contributed by atoms with Crippen molar-refractivity contribution in [3.8, 4) is 5.88 Å². The van der Waals surface area contributed by atoms with Gasteiger partial charge < -0.3 is 15.0 Å². The number of anilines is 2. The highest BCUT2D eigenvalue weighted by molar-refractivity contribution is 7.59. The van der Waals surface area contributed by atoms with Crippen LogP contribution in [0.1, 0.15) is 35.9 Å². The standard InChI is InChI=1S/C23H27FN6O2.H2S/c1-5-19-22(31)28-21-14(2)27-17(9-20(21)29(19)3)7-6-15-11-26-30(12-15)13-16-8-18(24)23(32-4)25-10-16;/h8-12,19H,5-7,13H2,1-4H3,(H,28,31);1H2/t19-;/m0./s1. The van der Waals surface area contributed by atoms with Gasteiger partial charge in [0.05, 0.1) is 36.9 Å². The number of aryl methyl sites for hydroxylation is 3. The molecule has 0 spiro atoms. The zero-order valence-corrected chi connectivity index (χ0v) is 20.2. The van der Waals surface area contributed by atoms with E-state index in [0.717, 1.165) is 47.6 Å². The Kier molecular flexibility index (Phi) is 7.57. The Labute approximate surface area is 199 Å². The Morgan fingerprint density at radius 2 is 2.00 bits per heavy atom. The first-order valence-electron chi connectivity index (χ1n) is 10.6. The average molecular weight is 473 g/mol. The number of carbonyl (C=O) groups is 1. The van der Waals surface area contributed by atoms with Gasteiger partial charge in [0.1, 0.15) is 6.04 Å². The maximum atomic E-state index is 13.9. The topological polar surface area (TPSA) is 85.2 Å². The van der Waals surface area contributed by atoms with E-state index >= 15 is 0 Å². The van der Waals surface area contributed by atoms with E-state index in [1.807, 2.05) is 38.2 Å². The lowest BCUT2D eigenvalue weighted by Crippen LogP contribution is -2.46. The number of nitrogens with zero attached hydrogens (tertiary/aromatic N) is 5. The number of hydrogen-bond donors (Lipinski definition) is 1. The first kappa shape index (κ1) is 24.5. The van der Waals surface area contributed by atoms with E-state index in [9.17, 15) is 9.18 Å². The molecule has 33 heavy (non-hydrogen) atoms. The molecule has 4 rings (SSSR count). The van der Waals surface area contributed by atoms with Crippen molar-refractivity contribution in [2.75, 3.05) is 24.4 Å². The lowest BCUT2D eigenvalue weighted by molar-refractivity contribution is -0.117. The molecule has 1 aliphatic heterocycles. The fraction of sp³-hybridized carbons (Fsp3) is 0.391. The van der Waals surface area contributed by atoms with E-state index < -0.39 is 5.82 Å². The summed E-state index contributed by atoms with van der Waals surface area (Å²) in [5.41, 5.74) is 5.35. The van der Waals surface area contributed by atoms with Gasteiger partial charge in [-0.2, -0.15) is 18.6 Å². The SMILES string of the molecule is CC[C@H]1C(=O)Nc2c(cc(CCc3cnn(Cc4cnc(OC)c(F)c4)c3)nc2C)N1C.S. The second-order valence-electron chi connectivity index (χ2n) is 8.00. The fourth-order valence-electron chi connectivity index (χ4n) is 4.07. The third-order valence-corrected chi connectivity index (χ3v) is 5.78. The van der Waals surface area contributed by atoms with E-state index in [2.05, 4.69) is 21.5 Å². The lowest BCUT2D eigenvalue weighted by Gasteiger charge is -2.35. The van der Waals surface area contributed by atoms with E-state index in [0.29, 0.717) is 12.1 Å². The predicted molar refractivity (Wildman–Crippen MR) is 130 cm³/mol. The molecule has 176 valence electrons. The molecule has 0 aromatic carbocycles. The largest absolute Gasteiger partial charge is 0.479 e. The van der Waals surface area contributed by atoms with Crippen LogP contribution >= 0.6 is 13.5 Å². The van der Waals surface area contributed by atoms with Gasteiger partial charge in [0.2, 0.25) is 11.8 Å². The van der Waals surface area contributed by atoms with E-state index in [4.69, 9.17) is 9.72 Å². The summed E-state index contributed by atoms with van der Waals surface area (Å²) in [4.78, 5) is 23.0. The number of carbonyl (C=O) groups excluding carboxylic acids is 1. The highest BCUT2D eigenvalue weighted by Gasteiger charge is 2.30. The lowest BCUT2D eigenvalue weighted by atomic mass is 10.0. The van der Waals surface area contributed by atoms with Crippen LogP contribution in [-0.2, 0) is 24.2 Å². The number of likely N-dealkylation sites (N-methyl/N-ethyl adjacent to an activating group) is 1. The third kappa shape index (κ3) is 5.11. The molecular formula is C23H29FN6O2S. The molecule has 0 unspecified atom stereocenters. The summed E-state index contributed by atoms with van der Waals surface area (Å²) in [6, 6.07) is 3.29. The molecule has 0 saturated carbocycles. The molecule has 4 heterocycles. The number of pyridine rings is 2. The second kappa shape index (κ2) is 10.2. The summed E-state index contributed by atoms with van der Waals surface area (Å²) in [6.45, 7) is 4.35. The summed E-state index contributed by atoms with van der Waals surface area (Å²) >= 11 is 0. The Balaban J connectivity index is 0.00000306. The first-order valence-corrected chi connectivity index (χ1v) is 10.6. The minimum Gasteiger partial charge on any atom is -0.479 e. The smallest absolute Gasteiger partial charge is 0.250 e. The van der Waals surface area contributed by atoms with Gasteiger partial charge >= 0.3 is 0 Å². The second-order valence-corrected chi connectivity index (χ2v) is 8.00. The van der Waals surface area contributed by atoms with Crippen LogP contribution in [-0.4, -0.2) is 45.9 Å². The van der Waals surface area contributed by atoms with Crippen LogP contribution in [0, 0.1) is 12.7 Å². The number of methoxy groups -OCH3 is 1. The van der Waals surface area contributed by atoms with Gasteiger partial charge in [-0.25, -0.2) is 9.37 Å². The molecule has 3 aromatic rings. The van der Waals surface area contributed by atoms with Gasteiger partial charge in [0, 0.05) is 25.1 Å². The van der Waals surface area contributed by atoms with Crippen molar-refractivity contribution < 1.29 is 13.9 Å². The molecule has 0 aliphatic carbocycles. The van der Waals surface area contributed by atoms with Gasteiger partial charge in [-0.3, -0.25) is 14.5 Å². The molecular weight excluding hydrogens is 443 g/mol. The minimum atomic E-state index is -0.488. The van der Waals surface area contributed by atoms with Crippen LogP contribution in [0.3, 0.4) is 0 Å². The summed E-state index contributed by atoms with van der Waals surface area (Å²) in [6.07, 6.45) is 7.61. The molecule has 3 aromatic heterocycles. The highest BCUT2D eigenvalue weighted by Crippen LogP contribution is 2.34. The minimum absolute atomic E-state index is 0. The third-order valence-electron chi connectivity index (χ3n) is 5.78. The monoisotopic (exact) mass is 472 g/mol. The molecule has 0 fully saturated rings. The van der Waals surface area contributed by atoms with E-state index in [1.165, 1.54) is 13.2 Å². The summed E-state index contributed by atoms with van der Waals surface area (Å²) in [7, 11) is 3.34. The maximum absolute atomic E-state index is 13.9. The summed E-state index contributed by atoms with van der Waals surface area (Å²) < 4.78 is 20.5. The van der Waals surface area contributed by atoms with Gasteiger partial charge in [-0.1, -0.05) is 6.92 Å². The quantitative estimate of drug-likeness (QED) is 0.568. The van der Waals surface area contributed by atoms with Gasteiger partial charge in [0.25, 0.3) is 0 Å². The molecule has 0 saturated heterocycles. The molecule has 10 heteroatoms. The summed E-state index contributed by atoms with van der Waals surface area (Å²) in [5, 5.41) is 7.39. The van der Waals surface area contributed by atoms with Crippen LogP contribution in [0.25, 0.3) is 0 Å². The van der Waals surface area contributed by atoms with E-state index in [-0.39, 0.29) is 31.3 Å². The average Bonchev–Trinajstić information content (AvgIpc) is 3.21. The zero-order valence-electron chi connectivity index (χ0n) is 19.2. The van der Waals surface area contributed by atoms with Gasteiger partial charge in [-0.15, -0.1) is 0 Å². The van der Waals surface area contributed by atoms with Crippen molar-refractivity contribution >= 4 is 30.8 Å². The number of fused-ring (bicyclic) bond motifs is 1. The fourth-order valence-corrected chi connectivity index (χ4v) is 4.07. The molecule has 1 aliphatic rings. The van der Waals surface area contributed by atoms with Gasteiger partial charge in [-0.05, 0) is 49.4 Å². The van der Waals surface area contributed by atoms with Crippen LogP contribution in [0.2, 0.25) is 0 Å². The normalized spacial score (nSPS) is 15.0. The van der Waals surface area contributed by atoms with Gasteiger partial charge in [0.15, 0.2) is 5.82 Å². The van der Waals surface area contributed by atoms with Crippen LogP contribution < -0.4 is 15.0 Å². The van der Waals surface area contributed by atoms with Crippen molar-refractivity contribution in [2.24, 2.45) is 0 Å². The number of rotatable bonds is 7. The Morgan fingerprint density at radius 3 is 2.70 bits per heavy atom. The molecule has 1 atom stereocenters. The zero-order chi connectivity index (χ0) is 22.8. The number of amides is 1. The number of hydrogen-bond acceptors (Lipinski definition) is 6. The molecule has 8 nitrogen and oxygen atoms in total. The molecule has 0 radical (unpaired) electrons. The van der Waals surface area contributed by atoms with Crippen molar-refractivity contribution in [2.45, 2.75) is 45.7 Å². The Bertz CT molecular complexity index is 1150.